The molecule has 1 fully saturated rings. The lowest BCUT2D eigenvalue weighted by Gasteiger charge is -2.38. The molecule has 3 nitrogen and oxygen atoms in total. The molecule has 0 amide bonds. The maximum absolute atomic E-state index is 6.02. The molecule has 0 radical (unpaired) electrons. The summed E-state index contributed by atoms with van der Waals surface area (Å²) in [7, 11) is 0. The Bertz CT molecular complexity index is 386. The minimum Gasteiger partial charge on any atom is -0.486 e. The van der Waals surface area contributed by atoms with E-state index in [9.17, 15) is 0 Å². The zero-order valence-corrected chi connectivity index (χ0v) is 9.70. The van der Waals surface area contributed by atoms with Crippen molar-refractivity contribution >= 4 is 5.69 Å². The summed E-state index contributed by atoms with van der Waals surface area (Å²) in [6.45, 7) is 6.50. The number of rotatable bonds is 3. The fraction of sp³-hybridized carbons (Fsp3) is 0.538. The van der Waals surface area contributed by atoms with Crippen LogP contribution in [0.1, 0.15) is 12.5 Å². The first-order valence-electron chi connectivity index (χ1n) is 6.11. The van der Waals surface area contributed by atoms with E-state index in [1.807, 2.05) is 0 Å². The Morgan fingerprint density at radius 2 is 2.31 bits per heavy atom. The van der Waals surface area contributed by atoms with Gasteiger partial charge in [0.15, 0.2) is 0 Å². The van der Waals surface area contributed by atoms with Gasteiger partial charge in [-0.05, 0) is 24.6 Å². The van der Waals surface area contributed by atoms with Crippen LogP contribution in [0.3, 0.4) is 0 Å². The molecule has 3 rings (SSSR count). The predicted octanol–water partition coefficient (Wildman–Crippen LogP) is 1.74. The molecule has 1 aromatic rings. The van der Waals surface area contributed by atoms with Gasteiger partial charge >= 0.3 is 0 Å². The molecule has 1 N–H and O–H groups in total. The minimum absolute atomic E-state index is 0.383. The van der Waals surface area contributed by atoms with E-state index >= 15 is 0 Å². The fourth-order valence-corrected chi connectivity index (χ4v) is 2.44. The van der Waals surface area contributed by atoms with Crippen LogP contribution < -0.4 is 10.1 Å². The first-order valence-corrected chi connectivity index (χ1v) is 6.11. The Kier molecular flexibility index (Phi) is 2.48. The summed E-state index contributed by atoms with van der Waals surface area (Å²) in [6.07, 6.45) is 1.51. The normalized spacial score (nSPS) is 20.1. The van der Waals surface area contributed by atoms with Crippen LogP contribution in [0.5, 0.6) is 5.75 Å². The highest BCUT2D eigenvalue weighted by molar-refractivity contribution is 5.65. The highest BCUT2D eigenvalue weighted by atomic mass is 16.5. The van der Waals surface area contributed by atoms with Gasteiger partial charge in [-0.2, -0.15) is 0 Å². The number of nitrogens with zero attached hydrogens (tertiary/aromatic N) is 1. The van der Waals surface area contributed by atoms with Crippen molar-refractivity contribution in [2.75, 3.05) is 31.5 Å². The number of anilines is 1. The number of nitrogens with one attached hydrogen (secondary N) is 1. The maximum atomic E-state index is 6.02. The summed E-state index contributed by atoms with van der Waals surface area (Å²) in [4.78, 5) is 2.39. The average Bonchev–Trinajstić information content (AvgIpc) is 2.71. The number of ether oxygens (including phenoxy) is 1. The minimum atomic E-state index is 0.383. The summed E-state index contributed by atoms with van der Waals surface area (Å²) in [5.41, 5.74) is 2.61. The quantitative estimate of drug-likeness (QED) is 0.836. The number of benzene rings is 1. The second-order valence-corrected chi connectivity index (χ2v) is 4.56. The van der Waals surface area contributed by atoms with Crippen molar-refractivity contribution in [3.8, 4) is 5.75 Å². The standard InChI is InChI=1S/C13H18N2O/c1-2-15-8-11(9-15)16-12-5-3-4-10-6-7-14-13(10)12/h3-5,11,14H,2,6-9H2,1H3. The van der Waals surface area contributed by atoms with Crippen molar-refractivity contribution in [2.45, 2.75) is 19.4 Å². The number of para-hydroxylation sites is 1. The molecule has 2 aliphatic rings. The lowest BCUT2D eigenvalue weighted by atomic mass is 10.1. The van der Waals surface area contributed by atoms with Gasteiger partial charge in [0.25, 0.3) is 0 Å². The molecule has 2 aliphatic heterocycles. The van der Waals surface area contributed by atoms with Gasteiger partial charge in [0.2, 0.25) is 0 Å². The number of likely N-dealkylation sites (tertiary alicyclic amines) is 1. The Labute approximate surface area is 96.4 Å². The first-order chi connectivity index (χ1) is 7.86. The highest BCUT2D eigenvalue weighted by Gasteiger charge is 2.28. The van der Waals surface area contributed by atoms with Crippen molar-refractivity contribution in [2.24, 2.45) is 0 Å². The van der Waals surface area contributed by atoms with E-state index in [-0.39, 0.29) is 0 Å². The largest absolute Gasteiger partial charge is 0.486 e. The van der Waals surface area contributed by atoms with Gasteiger partial charge in [0.1, 0.15) is 11.9 Å². The molecule has 16 heavy (non-hydrogen) atoms. The number of likely N-dealkylation sites (N-methyl/N-ethyl adjacent to an activating group) is 1. The van der Waals surface area contributed by atoms with Gasteiger partial charge in [0.05, 0.1) is 5.69 Å². The molecule has 1 aromatic carbocycles. The predicted molar refractivity (Wildman–Crippen MR) is 65.2 cm³/mol. The molecule has 0 unspecified atom stereocenters. The molecule has 0 spiro atoms. The lowest BCUT2D eigenvalue weighted by molar-refractivity contribution is 0.0243. The van der Waals surface area contributed by atoms with Crippen LogP contribution in [-0.2, 0) is 6.42 Å². The molecule has 0 saturated carbocycles. The third kappa shape index (κ3) is 1.65. The number of hydrogen-bond donors (Lipinski definition) is 1. The molecular weight excluding hydrogens is 200 g/mol. The summed E-state index contributed by atoms with van der Waals surface area (Å²) in [6, 6.07) is 6.35. The Balaban J connectivity index is 1.69. The highest BCUT2D eigenvalue weighted by Crippen LogP contribution is 2.33. The van der Waals surface area contributed by atoms with Gasteiger partial charge in [0, 0.05) is 19.6 Å². The number of fused-ring (bicyclic) bond motifs is 1. The van der Waals surface area contributed by atoms with Crippen molar-refractivity contribution in [1.29, 1.82) is 0 Å². The third-order valence-electron chi connectivity index (χ3n) is 3.47. The Hall–Kier alpha value is -1.22. The molecule has 0 aromatic heterocycles. The van der Waals surface area contributed by atoms with Crippen LogP contribution >= 0.6 is 0 Å². The molecule has 86 valence electrons. The first kappa shape index (κ1) is 9.97. The van der Waals surface area contributed by atoms with Gasteiger partial charge in [-0.3, -0.25) is 4.90 Å². The monoisotopic (exact) mass is 218 g/mol. The van der Waals surface area contributed by atoms with E-state index in [1.165, 1.54) is 11.3 Å². The van der Waals surface area contributed by atoms with E-state index in [0.717, 1.165) is 38.3 Å². The molecule has 1 saturated heterocycles. The van der Waals surface area contributed by atoms with E-state index < -0.39 is 0 Å². The molecule has 3 heteroatoms. The molecular formula is C13H18N2O. The summed E-state index contributed by atoms with van der Waals surface area (Å²) < 4.78 is 6.02. The summed E-state index contributed by atoms with van der Waals surface area (Å²) >= 11 is 0. The molecule has 0 aliphatic carbocycles. The van der Waals surface area contributed by atoms with Crippen molar-refractivity contribution in [3.05, 3.63) is 23.8 Å². The van der Waals surface area contributed by atoms with E-state index in [1.54, 1.807) is 0 Å². The molecule has 2 heterocycles. The fourth-order valence-electron chi connectivity index (χ4n) is 2.44. The summed E-state index contributed by atoms with van der Waals surface area (Å²) in [5, 5.41) is 3.41. The third-order valence-corrected chi connectivity index (χ3v) is 3.47. The average molecular weight is 218 g/mol. The van der Waals surface area contributed by atoms with Gasteiger partial charge < -0.3 is 10.1 Å². The van der Waals surface area contributed by atoms with Crippen molar-refractivity contribution < 1.29 is 4.74 Å². The van der Waals surface area contributed by atoms with E-state index in [2.05, 4.69) is 35.3 Å². The van der Waals surface area contributed by atoms with Gasteiger partial charge in [-0.1, -0.05) is 19.1 Å². The van der Waals surface area contributed by atoms with Crippen LogP contribution in [0, 0.1) is 0 Å². The molecule has 0 atom stereocenters. The molecule has 0 bridgehead atoms. The van der Waals surface area contributed by atoms with Crippen molar-refractivity contribution in [3.63, 3.8) is 0 Å². The second kappa shape index (κ2) is 3.98. The number of hydrogen-bond acceptors (Lipinski definition) is 3. The van der Waals surface area contributed by atoms with Gasteiger partial charge in [-0.15, -0.1) is 0 Å². The maximum Gasteiger partial charge on any atom is 0.143 e. The smallest absolute Gasteiger partial charge is 0.143 e. The second-order valence-electron chi connectivity index (χ2n) is 4.56. The van der Waals surface area contributed by atoms with Crippen LogP contribution in [0.15, 0.2) is 18.2 Å². The summed E-state index contributed by atoms with van der Waals surface area (Å²) in [5.74, 6) is 1.04. The van der Waals surface area contributed by atoms with E-state index in [0.29, 0.717) is 6.10 Å². The Morgan fingerprint density at radius 1 is 1.44 bits per heavy atom. The Morgan fingerprint density at radius 3 is 3.12 bits per heavy atom. The zero-order chi connectivity index (χ0) is 11.0. The lowest BCUT2D eigenvalue weighted by Crippen LogP contribution is -2.53. The SMILES string of the molecule is CCN1CC(Oc2cccc3c2NCC3)C1. The topological polar surface area (TPSA) is 24.5 Å². The van der Waals surface area contributed by atoms with Crippen molar-refractivity contribution in [1.82, 2.24) is 4.90 Å². The van der Waals surface area contributed by atoms with Crippen LogP contribution in [0.2, 0.25) is 0 Å². The zero-order valence-electron chi connectivity index (χ0n) is 9.70. The van der Waals surface area contributed by atoms with E-state index in [4.69, 9.17) is 4.74 Å². The van der Waals surface area contributed by atoms with Gasteiger partial charge in [-0.25, -0.2) is 0 Å². The van der Waals surface area contributed by atoms with Crippen LogP contribution in [0.25, 0.3) is 0 Å². The van der Waals surface area contributed by atoms with Crippen LogP contribution in [-0.4, -0.2) is 37.2 Å². The van der Waals surface area contributed by atoms with Crippen LogP contribution in [0.4, 0.5) is 5.69 Å².